The zero-order valence-corrected chi connectivity index (χ0v) is 53.0. The SMILES string of the molecule is CCCCC/C=C\C/C=C\C/C=C\CCCCCCCCC(=O)OC(/C=C/CCCCCCCCCCCC)C(COP(=O)([O-])OCC[N+](C)(C)C)NC(=O)CCCCCCCCCCCCC/C=C/CCCCCCCC. The number of amides is 1. The first-order chi connectivity index (χ1) is 37.9. The molecule has 0 aromatic carbocycles. The number of phosphoric acid groups is 1. The molecule has 0 radical (unpaired) electrons. The number of unbranched alkanes of at least 4 members (excludes halogenated alkanes) is 36. The lowest BCUT2D eigenvalue weighted by molar-refractivity contribution is -0.870. The van der Waals surface area contributed by atoms with Gasteiger partial charge >= 0.3 is 5.97 Å². The van der Waals surface area contributed by atoms with Crippen molar-refractivity contribution in [2.24, 2.45) is 0 Å². The monoisotopic (exact) mass is 1110 g/mol. The topological polar surface area (TPSA) is 114 Å². The van der Waals surface area contributed by atoms with Gasteiger partial charge in [0.05, 0.1) is 33.8 Å². The molecule has 0 spiro atoms. The maximum Gasteiger partial charge on any atom is 0.306 e. The maximum atomic E-state index is 13.6. The first kappa shape index (κ1) is 75.7. The zero-order valence-electron chi connectivity index (χ0n) is 52.1. The number of phosphoric ester groups is 1. The Morgan fingerprint density at radius 3 is 1.21 bits per heavy atom. The molecule has 78 heavy (non-hydrogen) atoms. The molecule has 0 heterocycles. The second kappa shape index (κ2) is 57.9. The molecule has 1 amide bonds. The minimum atomic E-state index is -4.70. The smallest absolute Gasteiger partial charge is 0.306 e. The van der Waals surface area contributed by atoms with Crippen LogP contribution in [0.1, 0.15) is 310 Å². The molecule has 0 saturated carbocycles. The molecule has 0 aromatic rings. The third-order valence-corrected chi connectivity index (χ3v) is 15.6. The Labute approximate surface area is 483 Å². The minimum Gasteiger partial charge on any atom is -0.756 e. The molecule has 3 unspecified atom stereocenters. The van der Waals surface area contributed by atoms with E-state index in [9.17, 15) is 19.0 Å². The highest BCUT2D eigenvalue weighted by Crippen LogP contribution is 2.38. The summed E-state index contributed by atoms with van der Waals surface area (Å²) in [6, 6.07) is -0.895. The van der Waals surface area contributed by atoms with Crippen LogP contribution in [-0.4, -0.2) is 69.4 Å². The molecular weight excluding hydrogens is 988 g/mol. The summed E-state index contributed by atoms with van der Waals surface area (Å²) in [6.45, 7) is 6.83. The average molecular weight is 1120 g/mol. The third-order valence-electron chi connectivity index (χ3n) is 14.7. The summed E-state index contributed by atoms with van der Waals surface area (Å²) in [4.78, 5) is 40.1. The molecular formula is C68H127N2O7P. The predicted octanol–water partition coefficient (Wildman–Crippen LogP) is 20.0. The van der Waals surface area contributed by atoms with Crippen LogP contribution in [-0.2, 0) is 27.9 Å². The number of nitrogens with zero attached hydrogens (tertiary/aromatic N) is 1. The van der Waals surface area contributed by atoms with Crippen molar-refractivity contribution in [3.05, 3.63) is 60.8 Å². The van der Waals surface area contributed by atoms with Crippen LogP contribution in [0.5, 0.6) is 0 Å². The molecule has 0 aliphatic rings. The van der Waals surface area contributed by atoms with E-state index in [1.807, 2.05) is 33.3 Å². The first-order valence-corrected chi connectivity index (χ1v) is 34.6. The number of hydrogen-bond acceptors (Lipinski definition) is 7. The number of nitrogens with one attached hydrogen (secondary N) is 1. The van der Waals surface area contributed by atoms with Gasteiger partial charge in [0.2, 0.25) is 5.91 Å². The Hall–Kier alpha value is -2.29. The van der Waals surface area contributed by atoms with Crippen LogP contribution in [0.25, 0.3) is 0 Å². The van der Waals surface area contributed by atoms with Crippen molar-refractivity contribution in [2.75, 3.05) is 40.9 Å². The fraction of sp³-hybridized carbons (Fsp3) is 0.824. The second-order valence-electron chi connectivity index (χ2n) is 23.6. The predicted molar refractivity (Wildman–Crippen MR) is 335 cm³/mol. The van der Waals surface area contributed by atoms with E-state index in [0.29, 0.717) is 17.4 Å². The standard InChI is InChI=1S/C68H127N2O7P/c1-7-10-13-16-19-22-25-28-30-32-34-35-37-38-40-42-45-48-51-54-57-60-67(71)69-65(64-76-78(73,74)75-63-62-70(4,5)6)66(59-56-53-50-47-44-27-24-21-18-15-12-9-3)77-68(72)61-58-55-52-49-46-43-41-39-36-33-31-29-26-23-20-17-14-11-8-2/h20,23,28-31,36,39,56,59,65-66H,7-19,21-22,24-27,32-35,37-38,40-55,57-58,60-64H2,1-6H3,(H-,69,71,73,74)/b23-20-,30-28+,31-29-,39-36-,59-56+. The van der Waals surface area contributed by atoms with Crippen molar-refractivity contribution < 1.29 is 37.3 Å². The largest absolute Gasteiger partial charge is 0.756 e. The van der Waals surface area contributed by atoms with Crippen molar-refractivity contribution in [3.63, 3.8) is 0 Å². The summed E-state index contributed by atoms with van der Waals surface area (Å²) in [5, 5.41) is 3.03. The minimum absolute atomic E-state index is 0.0252. The van der Waals surface area contributed by atoms with Crippen molar-refractivity contribution in [1.29, 1.82) is 0 Å². The molecule has 0 aliphatic carbocycles. The van der Waals surface area contributed by atoms with Crippen LogP contribution in [0, 0.1) is 0 Å². The van der Waals surface area contributed by atoms with Crippen molar-refractivity contribution in [2.45, 2.75) is 322 Å². The van der Waals surface area contributed by atoms with E-state index in [-0.39, 0.29) is 24.9 Å². The Bertz CT molecular complexity index is 1520. The highest BCUT2D eigenvalue weighted by Gasteiger charge is 2.27. The molecule has 0 aliphatic heterocycles. The van der Waals surface area contributed by atoms with Crippen molar-refractivity contribution in [1.82, 2.24) is 5.32 Å². The van der Waals surface area contributed by atoms with Gasteiger partial charge in [0, 0.05) is 12.8 Å². The number of carbonyl (C=O) groups is 2. The second-order valence-corrected chi connectivity index (χ2v) is 25.0. The molecule has 0 bridgehead atoms. The number of likely N-dealkylation sites (N-methyl/N-ethyl adjacent to an activating group) is 1. The van der Waals surface area contributed by atoms with Crippen LogP contribution in [0.4, 0.5) is 0 Å². The van der Waals surface area contributed by atoms with Gasteiger partial charge < -0.3 is 28.5 Å². The van der Waals surface area contributed by atoms with Crippen LogP contribution in [0.15, 0.2) is 60.8 Å². The Balaban J connectivity index is 5.19. The molecule has 0 fully saturated rings. The molecule has 0 aromatic heterocycles. The van der Waals surface area contributed by atoms with E-state index in [4.69, 9.17) is 13.8 Å². The fourth-order valence-corrected chi connectivity index (χ4v) is 10.2. The van der Waals surface area contributed by atoms with E-state index < -0.39 is 26.6 Å². The van der Waals surface area contributed by atoms with Crippen LogP contribution in [0.3, 0.4) is 0 Å². The van der Waals surface area contributed by atoms with Gasteiger partial charge in [-0.2, -0.15) is 0 Å². The lowest BCUT2D eigenvalue weighted by atomic mass is 10.0. The molecule has 3 atom stereocenters. The zero-order chi connectivity index (χ0) is 57.2. The molecule has 10 heteroatoms. The van der Waals surface area contributed by atoms with Crippen LogP contribution < -0.4 is 10.2 Å². The van der Waals surface area contributed by atoms with Gasteiger partial charge in [-0.05, 0) is 96.0 Å². The van der Waals surface area contributed by atoms with Gasteiger partial charge in [0.15, 0.2) is 0 Å². The Morgan fingerprint density at radius 1 is 0.449 bits per heavy atom. The van der Waals surface area contributed by atoms with Crippen molar-refractivity contribution in [3.8, 4) is 0 Å². The number of ether oxygens (including phenoxy) is 1. The van der Waals surface area contributed by atoms with E-state index in [1.54, 1.807) is 0 Å². The van der Waals surface area contributed by atoms with Crippen molar-refractivity contribution >= 4 is 19.7 Å². The summed E-state index contributed by atoms with van der Waals surface area (Å²) in [5.41, 5.74) is 0. The Morgan fingerprint density at radius 2 is 0.782 bits per heavy atom. The quantitative estimate of drug-likeness (QED) is 0.0212. The van der Waals surface area contributed by atoms with E-state index in [2.05, 4.69) is 74.7 Å². The van der Waals surface area contributed by atoms with E-state index in [1.165, 1.54) is 193 Å². The van der Waals surface area contributed by atoms with Crippen LogP contribution in [0.2, 0.25) is 0 Å². The van der Waals surface area contributed by atoms with Gasteiger partial charge in [0.25, 0.3) is 7.82 Å². The van der Waals surface area contributed by atoms with Gasteiger partial charge in [0.1, 0.15) is 19.3 Å². The molecule has 1 N–H and O–H groups in total. The fourth-order valence-electron chi connectivity index (χ4n) is 9.52. The Kier molecular flexibility index (Phi) is 56.2. The highest BCUT2D eigenvalue weighted by atomic mass is 31.2. The summed E-state index contributed by atoms with van der Waals surface area (Å²) in [7, 11) is 1.18. The van der Waals surface area contributed by atoms with Gasteiger partial charge in [-0.25, -0.2) is 0 Å². The molecule has 9 nitrogen and oxygen atoms in total. The molecule has 0 saturated heterocycles. The van der Waals surface area contributed by atoms with E-state index in [0.717, 1.165) is 83.5 Å². The molecule has 0 rings (SSSR count). The summed E-state index contributed by atoms with van der Waals surface area (Å²) in [5.74, 6) is -0.548. The highest BCUT2D eigenvalue weighted by molar-refractivity contribution is 7.45. The summed E-state index contributed by atoms with van der Waals surface area (Å²) in [6.07, 6.45) is 73.3. The first-order valence-electron chi connectivity index (χ1n) is 33.1. The lowest BCUT2D eigenvalue weighted by Crippen LogP contribution is -2.47. The van der Waals surface area contributed by atoms with Gasteiger partial charge in [-0.3, -0.25) is 14.2 Å². The summed E-state index contributed by atoms with van der Waals surface area (Å²) >= 11 is 0. The van der Waals surface area contributed by atoms with Crippen LogP contribution >= 0.6 is 7.82 Å². The third kappa shape index (κ3) is 58.4. The number of carbonyl (C=O) groups excluding carboxylic acids is 2. The number of hydrogen-bond donors (Lipinski definition) is 1. The number of rotatable bonds is 60. The maximum absolute atomic E-state index is 13.6. The normalized spacial score (nSPS) is 14.0. The summed E-state index contributed by atoms with van der Waals surface area (Å²) < 4.78 is 30.4. The number of allylic oxidation sites excluding steroid dienone is 9. The number of esters is 1. The lowest BCUT2D eigenvalue weighted by Gasteiger charge is -2.30. The van der Waals surface area contributed by atoms with Gasteiger partial charge in [-0.15, -0.1) is 0 Å². The average Bonchev–Trinajstić information content (AvgIpc) is 3.40. The van der Waals surface area contributed by atoms with E-state index >= 15 is 0 Å². The van der Waals surface area contributed by atoms with Gasteiger partial charge in [-0.1, -0.05) is 262 Å². The molecule has 456 valence electrons. The number of quaternary nitrogens is 1.